The molecule has 0 amide bonds. The summed E-state index contributed by atoms with van der Waals surface area (Å²) in [6.45, 7) is 10.2. The Hall–Kier alpha value is -2.68. The molecule has 1 aliphatic rings. The first-order valence-corrected chi connectivity index (χ1v) is 15.0. The summed E-state index contributed by atoms with van der Waals surface area (Å²) >= 11 is 0. The van der Waals surface area contributed by atoms with Crippen LogP contribution in [0.1, 0.15) is 54.9 Å². The van der Waals surface area contributed by atoms with Gasteiger partial charge in [0.25, 0.3) is 0 Å². The number of aryl methyl sites for hydroxylation is 1. The largest absolute Gasteiger partial charge is 0.417 e. The molecule has 2 unspecified atom stereocenters. The van der Waals surface area contributed by atoms with E-state index in [2.05, 4.69) is 68.1 Å². The summed E-state index contributed by atoms with van der Waals surface area (Å²) in [6, 6.07) is 20.0. The minimum Gasteiger partial charge on any atom is -0.299 e. The third-order valence-electron chi connectivity index (χ3n) is 8.11. The van der Waals surface area contributed by atoms with E-state index >= 15 is 0 Å². The minimum absolute atomic E-state index is 0.120. The number of sulfonamides is 1. The van der Waals surface area contributed by atoms with Gasteiger partial charge in [0, 0.05) is 31.6 Å². The van der Waals surface area contributed by atoms with E-state index in [1.165, 1.54) is 39.9 Å². The maximum absolute atomic E-state index is 13.4. The van der Waals surface area contributed by atoms with E-state index in [-0.39, 0.29) is 13.1 Å². The zero-order valence-electron chi connectivity index (χ0n) is 23.0. The number of halogens is 3. The Morgan fingerprint density at radius 3 is 2.28 bits per heavy atom. The lowest BCUT2D eigenvalue weighted by atomic mass is 9.82. The predicted octanol–water partition coefficient (Wildman–Crippen LogP) is 7.27. The average molecular weight is 559 g/mol. The van der Waals surface area contributed by atoms with Gasteiger partial charge in [-0.05, 0) is 80.1 Å². The van der Waals surface area contributed by atoms with Crippen molar-refractivity contribution >= 4 is 10.0 Å². The van der Waals surface area contributed by atoms with Crippen LogP contribution in [0.5, 0.6) is 0 Å². The lowest BCUT2D eigenvalue weighted by Gasteiger charge is -2.47. The molecule has 0 aliphatic carbocycles. The highest BCUT2D eigenvalue weighted by Gasteiger charge is 2.39. The Morgan fingerprint density at radius 1 is 0.949 bits per heavy atom. The number of nitrogens with zero attached hydrogens (tertiary/aromatic N) is 2. The Labute approximate surface area is 230 Å². The van der Waals surface area contributed by atoms with Gasteiger partial charge in [-0.2, -0.15) is 17.5 Å². The van der Waals surface area contributed by atoms with E-state index in [4.69, 9.17) is 0 Å². The molecule has 1 aliphatic heterocycles. The molecule has 8 heteroatoms. The Balaban J connectivity index is 1.30. The van der Waals surface area contributed by atoms with Gasteiger partial charge in [0.2, 0.25) is 10.0 Å². The number of rotatable bonds is 10. The van der Waals surface area contributed by atoms with Crippen LogP contribution in [0.15, 0.2) is 71.6 Å². The van der Waals surface area contributed by atoms with Gasteiger partial charge in [0.1, 0.15) is 0 Å². The fraction of sp³-hybridized carbons (Fsp3) is 0.419. The molecule has 0 saturated carbocycles. The first kappa shape index (κ1) is 29.3. The van der Waals surface area contributed by atoms with E-state index in [1.807, 2.05) is 0 Å². The molecule has 1 saturated heterocycles. The van der Waals surface area contributed by atoms with Crippen LogP contribution in [-0.2, 0) is 16.2 Å². The second-order valence-electron chi connectivity index (χ2n) is 10.4. The third kappa shape index (κ3) is 6.23. The van der Waals surface area contributed by atoms with Gasteiger partial charge in [0.15, 0.2) is 0 Å². The molecule has 0 spiro atoms. The topological polar surface area (TPSA) is 40.6 Å². The van der Waals surface area contributed by atoms with Crippen LogP contribution >= 0.6 is 0 Å². The first-order valence-electron chi connectivity index (χ1n) is 13.5. The van der Waals surface area contributed by atoms with E-state index in [0.29, 0.717) is 18.4 Å². The van der Waals surface area contributed by atoms with Gasteiger partial charge in [0.05, 0.1) is 10.5 Å². The SMILES string of the molecule is CCN(CCCCN1CC(c2ccc(-c3cccc(C)c3C)cc2)C1C)S(=O)(=O)c1ccccc1C(F)(F)F. The highest BCUT2D eigenvalue weighted by Crippen LogP contribution is 2.37. The summed E-state index contributed by atoms with van der Waals surface area (Å²) in [6.07, 6.45) is -3.37. The average Bonchev–Trinajstić information content (AvgIpc) is 2.91. The molecule has 4 rings (SSSR count). The van der Waals surface area contributed by atoms with Gasteiger partial charge in [-0.15, -0.1) is 0 Å². The molecule has 1 heterocycles. The minimum atomic E-state index is -4.73. The van der Waals surface area contributed by atoms with E-state index < -0.39 is 26.7 Å². The number of benzene rings is 3. The third-order valence-corrected chi connectivity index (χ3v) is 10.1. The summed E-state index contributed by atoms with van der Waals surface area (Å²) in [5, 5.41) is 0. The smallest absolute Gasteiger partial charge is 0.299 e. The first-order chi connectivity index (χ1) is 18.4. The molecule has 3 aromatic rings. The second-order valence-corrected chi connectivity index (χ2v) is 12.3. The molecule has 0 aromatic heterocycles. The zero-order valence-corrected chi connectivity index (χ0v) is 23.8. The van der Waals surface area contributed by atoms with Crippen molar-refractivity contribution in [1.29, 1.82) is 0 Å². The number of hydrogen-bond donors (Lipinski definition) is 0. The van der Waals surface area contributed by atoms with E-state index in [0.717, 1.165) is 35.9 Å². The number of hydrogen-bond acceptors (Lipinski definition) is 3. The fourth-order valence-corrected chi connectivity index (χ4v) is 7.16. The summed E-state index contributed by atoms with van der Waals surface area (Å²) in [4.78, 5) is 1.70. The molecular formula is C31H37F3N2O2S. The van der Waals surface area contributed by atoms with Gasteiger partial charge in [-0.25, -0.2) is 8.42 Å². The van der Waals surface area contributed by atoms with Crippen molar-refractivity contribution in [1.82, 2.24) is 9.21 Å². The Morgan fingerprint density at radius 2 is 1.64 bits per heavy atom. The lowest BCUT2D eigenvalue weighted by molar-refractivity contribution is -0.139. The van der Waals surface area contributed by atoms with Crippen LogP contribution in [0.2, 0.25) is 0 Å². The summed E-state index contributed by atoms with van der Waals surface area (Å²) < 4.78 is 67.5. The standard InChI is InChI=1S/C31H37F3N2O2S/c1-5-36(39(37,38)30-14-7-6-13-29(30)31(32,33)34)20-9-8-19-35-21-28(24(35)4)26-17-15-25(16-18-26)27-12-10-11-22(2)23(27)3/h6-7,10-18,24,28H,5,8-9,19-21H2,1-4H3. The monoisotopic (exact) mass is 558 g/mol. The van der Waals surface area contributed by atoms with Gasteiger partial charge in [-0.1, -0.05) is 61.5 Å². The molecule has 2 atom stereocenters. The fourth-order valence-electron chi connectivity index (χ4n) is 5.46. The number of alkyl halides is 3. The quantitative estimate of drug-likeness (QED) is 0.246. The summed E-state index contributed by atoms with van der Waals surface area (Å²) in [5.74, 6) is 0.448. The van der Waals surface area contributed by atoms with Crippen LogP contribution in [-0.4, -0.2) is 49.8 Å². The van der Waals surface area contributed by atoms with Gasteiger partial charge in [-0.3, -0.25) is 4.90 Å². The second kappa shape index (κ2) is 11.8. The predicted molar refractivity (Wildman–Crippen MR) is 150 cm³/mol. The van der Waals surface area contributed by atoms with Crippen LogP contribution < -0.4 is 0 Å². The molecule has 0 N–H and O–H groups in total. The van der Waals surface area contributed by atoms with E-state index in [1.54, 1.807) is 6.92 Å². The van der Waals surface area contributed by atoms with Crippen LogP contribution in [0.3, 0.4) is 0 Å². The normalized spacial score (nSPS) is 18.4. The summed E-state index contributed by atoms with van der Waals surface area (Å²) in [5.41, 5.74) is 5.26. The van der Waals surface area contributed by atoms with Crippen molar-refractivity contribution in [3.8, 4) is 11.1 Å². The molecule has 210 valence electrons. The molecule has 0 radical (unpaired) electrons. The van der Waals surface area contributed by atoms with Crippen LogP contribution in [0, 0.1) is 13.8 Å². The van der Waals surface area contributed by atoms with Gasteiger partial charge < -0.3 is 0 Å². The van der Waals surface area contributed by atoms with Crippen molar-refractivity contribution in [2.75, 3.05) is 26.2 Å². The van der Waals surface area contributed by atoms with Crippen LogP contribution in [0.25, 0.3) is 11.1 Å². The molecule has 3 aromatic carbocycles. The summed E-state index contributed by atoms with van der Waals surface area (Å²) in [7, 11) is -4.24. The molecule has 4 nitrogen and oxygen atoms in total. The highest BCUT2D eigenvalue weighted by molar-refractivity contribution is 7.89. The van der Waals surface area contributed by atoms with Crippen molar-refractivity contribution in [3.63, 3.8) is 0 Å². The molecule has 1 fully saturated rings. The van der Waals surface area contributed by atoms with Gasteiger partial charge >= 0.3 is 6.18 Å². The van der Waals surface area contributed by atoms with Crippen LogP contribution in [0.4, 0.5) is 13.2 Å². The van der Waals surface area contributed by atoms with E-state index in [9.17, 15) is 21.6 Å². The van der Waals surface area contributed by atoms with Crippen molar-refractivity contribution in [2.45, 2.75) is 63.6 Å². The van der Waals surface area contributed by atoms with Crippen molar-refractivity contribution in [3.05, 3.63) is 89.0 Å². The maximum atomic E-state index is 13.4. The van der Waals surface area contributed by atoms with Crippen molar-refractivity contribution in [2.24, 2.45) is 0 Å². The molecular weight excluding hydrogens is 521 g/mol. The Kier molecular flexibility index (Phi) is 8.88. The number of likely N-dealkylation sites (tertiary alicyclic amines) is 1. The zero-order chi connectivity index (χ0) is 28.4. The lowest BCUT2D eigenvalue weighted by Crippen LogP contribution is -2.53. The molecule has 39 heavy (non-hydrogen) atoms. The highest BCUT2D eigenvalue weighted by atomic mass is 32.2. The number of unbranched alkanes of at least 4 members (excludes halogenated alkanes) is 1. The van der Waals surface area contributed by atoms with Crippen molar-refractivity contribution < 1.29 is 21.6 Å². The Bertz CT molecular complexity index is 1390. The maximum Gasteiger partial charge on any atom is 0.417 e. The molecule has 0 bridgehead atoms.